The lowest BCUT2D eigenvalue weighted by molar-refractivity contribution is -0.0514. The van der Waals surface area contributed by atoms with E-state index in [9.17, 15) is 8.78 Å². The second-order valence-electron chi connectivity index (χ2n) is 6.57. The Labute approximate surface area is 166 Å². The standard InChI is InChI=1S/C21H20F2N4O2/c1-3-28-19-10-15(7-8-18(19)29-20(22)23)17-11-16(14-6-4-5-13(2)9-14)26-21-24-12-25-27(17)21/h4-12,17,20H,3H2,1-2H3,(H,24,25,26). The fourth-order valence-corrected chi connectivity index (χ4v) is 3.32. The maximum absolute atomic E-state index is 12.7. The zero-order valence-electron chi connectivity index (χ0n) is 16.0. The zero-order chi connectivity index (χ0) is 20.4. The van der Waals surface area contributed by atoms with Crippen LogP contribution in [0.2, 0.25) is 0 Å². The Kier molecular flexibility index (Phi) is 5.16. The summed E-state index contributed by atoms with van der Waals surface area (Å²) in [6.07, 6.45) is 3.50. The van der Waals surface area contributed by atoms with Gasteiger partial charge in [-0.15, -0.1) is 0 Å². The molecule has 150 valence electrons. The van der Waals surface area contributed by atoms with Crippen LogP contribution in [-0.2, 0) is 0 Å². The smallest absolute Gasteiger partial charge is 0.387 e. The van der Waals surface area contributed by atoms with Crippen LogP contribution in [0.5, 0.6) is 11.5 Å². The summed E-state index contributed by atoms with van der Waals surface area (Å²) in [7, 11) is 0. The molecule has 4 rings (SSSR count). The lowest BCUT2D eigenvalue weighted by Gasteiger charge is -2.25. The molecule has 1 atom stereocenters. The molecule has 0 amide bonds. The normalized spacial score (nSPS) is 15.5. The van der Waals surface area contributed by atoms with Gasteiger partial charge < -0.3 is 14.8 Å². The fourth-order valence-electron chi connectivity index (χ4n) is 3.32. The van der Waals surface area contributed by atoms with E-state index in [2.05, 4.69) is 26.2 Å². The molecule has 0 saturated heterocycles. The van der Waals surface area contributed by atoms with Crippen molar-refractivity contribution in [3.05, 3.63) is 71.6 Å². The van der Waals surface area contributed by atoms with Gasteiger partial charge in [-0.1, -0.05) is 29.8 Å². The second kappa shape index (κ2) is 7.90. The Morgan fingerprint density at radius 3 is 2.79 bits per heavy atom. The minimum atomic E-state index is -2.92. The van der Waals surface area contributed by atoms with Gasteiger partial charge >= 0.3 is 6.61 Å². The molecule has 6 nitrogen and oxygen atoms in total. The van der Waals surface area contributed by atoms with Gasteiger partial charge in [0.15, 0.2) is 11.5 Å². The van der Waals surface area contributed by atoms with Crippen molar-refractivity contribution >= 4 is 11.6 Å². The molecule has 2 heterocycles. The van der Waals surface area contributed by atoms with E-state index >= 15 is 0 Å². The molecule has 0 spiro atoms. The number of nitrogens with zero attached hydrogens (tertiary/aromatic N) is 3. The summed E-state index contributed by atoms with van der Waals surface area (Å²) < 4.78 is 37.2. The third-order valence-electron chi connectivity index (χ3n) is 4.56. The van der Waals surface area contributed by atoms with Crippen LogP contribution in [0.25, 0.3) is 5.70 Å². The van der Waals surface area contributed by atoms with E-state index in [1.54, 1.807) is 23.7 Å². The SMILES string of the molecule is CCOc1cc(C2C=C(c3cccc(C)c3)Nc3ncnn32)ccc1OC(F)F. The molecule has 3 aromatic rings. The Bertz CT molecular complexity index is 1050. The first kappa shape index (κ1) is 18.9. The molecule has 1 N–H and O–H groups in total. The highest BCUT2D eigenvalue weighted by Crippen LogP contribution is 2.37. The molecule has 0 radical (unpaired) electrons. The minimum Gasteiger partial charge on any atom is -0.490 e. The summed E-state index contributed by atoms with van der Waals surface area (Å²) in [5.74, 6) is 0.858. The molecule has 1 aliphatic rings. The first-order valence-corrected chi connectivity index (χ1v) is 9.22. The third-order valence-corrected chi connectivity index (χ3v) is 4.56. The van der Waals surface area contributed by atoms with Gasteiger partial charge in [-0.05, 0) is 49.2 Å². The summed E-state index contributed by atoms with van der Waals surface area (Å²) in [6, 6.07) is 12.7. The molecule has 0 fully saturated rings. The van der Waals surface area contributed by atoms with Gasteiger partial charge in [-0.25, -0.2) is 4.68 Å². The molecule has 29 heavy (non-hydrogen) atoms. The van der Waals surface area contributed by atoms with Crippen LogP contribution in [0.3, 0.4) is 0 Å². The highest BCUT2D eigenvalue weighted by Gasteiger charge is 2.25. The van der Waals surface area contributed by atoms with Crippen molar-refractivity contribution in [3.8, 4) is 11.5 Å². The fraction of sp³-hybridized carbons (Fsp3) is 0.238. The van der Waals surface area contributed by atoms with Crippen LogP contribution in [0.15, 0.2) is 54.9 Å². The molecular formula is C21H20F2N4O2. The van der Waals surface area contributed by atoms with E-state index in [0.29, 0.717) is 12.6 Å². The van der Waals surface area contributed by atoms with Crippen molar-refractivity contribution in [1.82, 2.24) is 14.8 Å². The lowest BCUT2D eigenvalue weighted by atomic mass is 10.0. The minimum absolute atomic E-state index is 0.00114. The quantitative estimate of drug-likeness (QED) is 0.655. The summed E-state index contributed by atoms with van der Waals surface area (Å²) in [4.78, 5) is 4.29. The number of aryl methyl sites for hydroxylation is 1. The maximum atomic E-state index is 12.7. The highest BCUT2D eigenvalue weighted by molar-refractivity contribution is 5.77. The number of allylic oxidation sites excluding steroid dienone is 1. The lowest BCUT2D eigenvalue weighted by Crippen LogP contribution is -2.20. The van der Waals surface area contributed by atoms with Gasteiger partial charge in [0.25, 0.3) is 0 Å². The average molecular weight is 398 g/mol. The first-order chi connectivity index (χ1) is 14.0. The number of rotatable bonds is 6. The van der Waals surface area contributed by atoms with Crippen LogP contribution in [0, 0.1) is 6.92 Å². The van der Waals surface area contributed by atoms with Crippen LogP contribution in [0.4, 0.5) is 14.7 Å². The Balaban J connectivity index is 1.77. The molecule has 0 aliphatic carbocycles. The number of hydrogen-bond acceptors (Lipinski definition) is 5. The van der Waals surface area contributed by atoms with Crippen molar-refractivity contribution in [2.75, 3.05) is 11.9 Å². The Morgan fingerprint density at radius 1 is 1.17 bits per heavy atom. The largest absolute Gasteiger partial charge is 0.490 e. The van der Waals surface area contributed by atoms with Gasteiger partial charge in [-0.2, -0.15) is 18.9 Å². The van der Waals surface area contributed by atoms with Gasteiger partial charge in [0.2, 0.25) is 5.95 Å². The summed E-state index contributed by atoms with van der Waals surface area (Å²) >= 11 is 0. The summed E-state index contributed by atoms with van der Waals surface area (Å²) in [6.45, 7) is 1.22. The molecule has 0 saturated carbocycles. The molecule has 1 aromatic heterocycles. The van der Waals surface area contributed by atoms with Gasteiger partial charge in [0.05, 0.1) is 6.61 Å². The second-order valence-corrected chi connectivity index (χ2v) is 6.57. The number of fused-ring (bicyclic) bond motifs is 1. The van der Waals surface area contributed by atoms with E-state index in [-0.39, 0.29) is 17.5 Å². The van der Waals surface area contributed by atoms with E-state index < -0.39 is 6.61 Å². The van der Waals surface area contributed by atoms with Gasteiger partial charge in [-0.3, -0.25) is 0 Å². The zero-order valence-corrected chi connectivity index (χ0v) is 16.0. The Morgan fingerprint density at radius 2 is 2.03 bits per heavy atom. The molecular weight excluding hydrogens is 378 g/mol. The monoisotopic (exact) mass is 398 g/mol. The predicted molar refractivity (Wildman–Crippen MR) is 105 cm³/mol. The van der Waals surface area contributed by atoms with Crippen LogP contribution in [-0.4, -0.2) is 28.0 Å². The van der Waals surface area contributed by atoms with Gasteiger partial charge in [0.1, 0.15) is 12.4 Å². The molecule has 2 aromatic carbocycles. The van der Waals surface area contributed by atoms with E-state index in [0.717, 1.165) is 22.4 Å². The van der Waals surface area contributed by atoms with E-state index in [1.807, 2.05) is 31.2 Å². The number of nitrogens with one attached hydrogen (secondary N) is 1. The molecule has 1 aliphatic heterocycles. The van der Waals surface area contributed by atoms with Crippen molar-refractivity contribution < 1.29 is 18.3 Å². The van der Waals surface area contributed by atoms with Crippen LogP contribution < -0.4 is 14.8 Å². The summed E-state index contributed by atoms with van der Waals surface area (Å²) in [5.41, 5.74) is 3.87. The number of benzene rings is 2. The van der Waals surface area contributed by atoms with Crippen LogP contribution in [0.1, 0.15) is 29.7 Å². The Hall–Kier alpha value is -3.42. The third kappa shape index (κ3) is 3.91. The van der Waals surface area contributed by atoms with E-state index in [4.69, 9.17) is 4.74 Å². The summed E-state index contributed by atoms with van der Waals surface area (Å²) in [5, 5.41) is 7.61. The number of alkyl halides is 2. The number of anilines is 1. The number of aromatic nitrogens is 3. The maximum Gasteiger partial charge on any atom is 0.387 e. The topological polar surface area (TPSA) is 61.2 Å². The van der Waals surface area contributed by atoms with Crippen molar-refractivity contribution in [2.45, 2.75) is 26.5 Å². The number of halogens is 2. The highest BCUT2D eigenvalue weighted by atomic mass is 19.3. The predicted octanol–water partition coefficient (Wildman–Crippen LogP) is 4.64. The van der Waals surface area contributed by atoms with E-state index in [1.165, 1.54) is 12.4 Å². The van der Waals surface area contributed by atoms with Crippen molar-refractivity contribution in [2.24, 2.45) is 0 Å². The van der Waals surface area contributed by atoms with Crippen LogP contribution >= 0.6 is 0 Å². The number of ether oxygens (including phenoxy) is 2. The number of hydrogen-bond donors (Lipinski definition) is 1. The molecule has 0 bridgehead atoms. The molecule has 1 unspecified atom stereocenters. The average Bonchev–Trinajstić information content (AvgIpc) is 3.17. The van der Waals surface area contributed by atoms with Crippen molar-refractivity contribution in [3.63, 3.8) is 0 Å². The molecule has 8 heteroatoms. The van der Waals surface area contributed by atoms with Crippen molar-refractivity contribution in [1.29, 1.82) is 0 Å². The first-order valence-electron chi connectivity index (χ1n) is 9.22. The van der Waals surface area contributed by atoms with Gasteiger partial charge in [0, 0.05) is 5.70 Å².